The molecule has 0 aliphatic heterocycles. The second-order valence-electron chi connectivity index (χ2n) is 5.41. The van der Waals surface area contributed by atoms with Gasteiger partial charge < -0.3 is 10.7 Å². The molecule has 0 saturated carbocycles. The first-order chi connectivity index (χ1) is 6.94. The van der Waals surface area contributed by atoms with Crippen molar-refractivity contribution in [2.45, 2.75) is 53.4 Å². The maximum Gasteiger partial charge on any atom is 0.0115 e. The molecule has 15 heavy (non-hydrogen) atoms. The molecule has 0 heterocycles. The van der Waals surface area contributed by atoms with Crippen molar-refractivity contribution in [1.29, 1.82) is 5.41 Å². The van der Waals surface area contributed by atoms with Gasteiger partial charge in [-0.2, -0.15) is 0 Å². The predicted octanol–water partition coefficient (Wildman–Crippen LogP) is 3.49. The number of hydrogen-bond donors (Lipinski definition) is 2. The summed E-state index contributed by atoms with van der Waals surface area (Å²) >= 11 is 0. The first-order valence-electron chi connectivity index (χ1n) is 5.93. The van der Waals surface area contributed by atoms with Crippen LogP contribution in [0.2, 0.25) is 0 Å². The Balaban J connectivity index is 2.80. The van der Waals surface area contributed by atoms with Gasteiger partial charge in [-0.3, -0.25) is 0 Å². The Hall–Kier alpha value is -0.790. The van der Waals surface area contributed by atoms with Crippen LogP contribution in [0.4, 0.5) is 0 Å². The lowest BCUT2D eigenvalue weighted by atomic mass is 9.75. The second kappa shape index (κ2) is 4.82. The molecule has 0 aromatic heterocycles. The van der Waals surface area contributed by atoms with Crippen LogP contribution in [0.3, 0.4) is 0 Å². The molecule has 2 heteroatoms. The quantitative estimate of drug-likeness (QED) is 0.682. The standard InChI is InChI=1S/C13H24N2/c1-5-15-12-9-13(3,4)7-6-11(12)8-10(2)14/h14-15H,5-9H2,1-4H3. The van der Waals surface area contributed by atoms with E-state index in [-0.39, 0.29) is 0 Å². The lowest BCUT2D eigenvalue weighted by Crippen LogP contribution is -2.26. The van der Waals surface area contributed by atoms with Crippen LogP contribution in [-0.2, 0) is 0 Å². The molecule has 1 aliphatic carbocycles. The number of nitrogens with one attached hydrogen (secondary N) is 2. The topological polar surface area (TPSA) is 35.9 Å². The van der Waals surface area contributed by atoms with Crippen molar-refractivity contribution < 1.29 is 0 Å². The van der Waals surface area contributed by atoms with E-state index < -0.39 is 0 Å². The van der Waals surface area contributed by atoms with Gasteiger partial charge >= 0.3 is 0 Å². The summed E-state index contributed by atoms with van der Waals surface area (Å²) in [5, 5.41) is 11.1. The van der Waals surface area contributed by atoms with Crippen LogP contribution in [0.15, 0.2) is 11.3 Å². The first-order valence-corrected chi connectivity index (χ1v) is 5.93. The lowest BCUT2D eigenvalue weighted by Gasteiger charge is -2.33. The molecular formula is C13H24N2. The highest BCUT2D eigenvalue weighted by Crippen LogP contribution is 2.38. The molecule has 2 N–H and O–H groups in total. The first kappa shape index (κ1) is 12.3. The molecule has 0 saturated heterocycles. The molecular weight excluding hydrogens is 184 g/mol. The Bertz CT molecular complexity index is 274. The van der Waals surface area contributed by atoms with Gasteiger partial charge in [0.15, 0.2) is 0 Å². The molecule has 0 aromatic carbocycles. The van der Waals surface area contributed by atoms with Crippen LogP contribution in [0, 0.1) is 10.8 Å². The largest absolute Gasteiger partial charge is 0.389 e. The smallest absolute Gasteiger partial charge is 0.0115 e. The van der Waals surface area contributed by atoms with Crippen LogP contribution < -0.4 is 5.32 Å². The Kier molecular flexibility index (Phi) is 3.95. The molecule has 86 valence electrons. The van der Waals surface area contributed by atoms with E-state index in [1.54, 1.807) is 0 Å². The summed E-state index contributed by atoms with van der Waals surface area (Å²) in [5.41, 5.74) is 4.07. The highest BCUT2D eigenvalue weighted by molar-refractivity contribution is 5.81. The molecule has 0 aromatic rings. The predicted molar refractivity (Wildman–Crippen MR) is 66.4 cm³/mol. The average Bonchev–Trinajstić information content (AvgIpc) is 2.09. The fourth-order valence-corrected chi connectivity index (χ4v) is 2.25. The molecule has 0 bridgehead atoms. The van der Waals surface area contributed by atoms with E-state index >= 15 is 0 Å². The summed E-state index contributed by atoms with van der Waals surface area (Å²) in [7, 11) is 0. The third-order valence-electron chi connectivity index (χ3n) is 3.05. The maximum atomic E-state index is 7.59. The van der Waals surface area contributed by atoms with Gasteiger partial charge in [0.25, 0.3) is 0 Å². The van der Waals surface area contributed by atoms with Gasteiger partial charge in [0.05, 0.1) is 0 Å². The molecule has 0 atom stereocenters. The molecule has 0 spiro atoms. The van der Waals surface area contributed by atoms with E-state index in [4.69, 9.17) is 5.41 Å². The van der Waals surface area contributed by atoms with Gasteiger partial charge in [-0.05, 0) is 44.1 Å². The maximum absolute atomic E-state index is 7.59. The van der Waals surface area contributed by atoms with Gasteiger partial charge in [0, 0.05) is 24.4 Å². The summed E-state index contributed by atoms with van der Waals surface area (Å²) in [6.07, 6.45) is 4.41. The van der Waals surface area contributed by atoms with Crippen molar-refractivity contribution in [3.63, 3.8) is 0 Å². The number of rotatable bonds is 4. The van der Waals surface area contributed by atoms with Crippen LogP contribution >= 0.6 is 0 Å². The van der Waals surface area contributed by atoms with Crippen LogP contribution in [0.1, 0.15) is 53.4 Å². The van der Waals surface area contributed by atoms with Gasteiger partial charge in [-0.15, -0.1) is 0 Å². The average molecular weight is 208 g/mol. The van der Waals surface area contributed by atoms with E-state index in [9.17, 15) is 0 Å². The highest BCUT2D eigenvalue weighted by atomic mass is 14.9. The van der Waals surface area contributed by atoms with E-state index in [0.717, 1.165) is 31.5 Å². The zero-order valence-electron chi connectivity index (χ0n) is 10.5. The summed E-state index contributed by atoms with van der Waals surface area (Å²) in [6, 6.07) is 0. The zero-order chi connectivity index (χ0) is 11.5. The fourth-order valence-electron chi connectivity index (χ4n) is 2.25. The third-order valence-corrected chi connectivity index (χ3v) is 3.05. The van der Waals surface area contributed by atoms with E-state index in [1.165, 1.54) is 17.7 Å². The van der Waals surface area contributed by atoms with Crippen molar-refractivity contribution in [3.8, 4) is 0 Å². The molecule has 2 nitrogen and oxygen atoms in total. The summed E-state index contributed by atoms with van der Waals surface area (Å²) in [4.78, 5) is 0. The summed E-state index contributed by atoms with van der Waals surface area (Å²) < 4.78 is 0. The Labute approximate surface area is 93.7 Å². The van der Waals surface area contributed by atoms with E-state index in [1.807, 2.05) is 6.92 Å². The number of hydrogen-bond acceptors (Lipinski definition) is 2. The van der Waals surface area contributed by atoms with Crippen molar-refractivity contribution in [3.05, 3.63) is 11.3 Å². The van der Waals surface area contributed by atoms with E-state index in [2.05, 4.69) is 26.1 Å². The van der Waals surface area contributed by atoms with E-state index in [0.29, 0.717) is 5.41 Å². The van der Waals surface area contributed by atoms with Crippen molar-refractivity contribution in [1.82, 2.24) is 5.32 Å². The van der Waals surface area contributed by atoms with Crippen LogP contribution in [0.25, 0.3) is 0 Å². The van der Waals surface area contributed by atoms with Crippen molar-refractivity contribution in [2.75, 3.05) is 6.54 Å². The van der Waals surface area contributed by atoms with Gasteiger partial charge in [-0.1, -0.05) is 13.8 Å². The second-order valence-corrected chi connectivity index (χ2v) is 5.41. The Morgan fingerprint density at radius 3 is 2.67 bits per heavy atom. The Morgan fingerprint density at radius 1 is 1.47 bits per heavy atom. The third kappa shape index (κ3) is 3.69. The van der Waals surface area contributed by atoms with Gasteiger partial charge in [-0.25, -0.2) is 0 Å². The molecule has 1 aliphatic rings. The minimum Gasteiger partial charge on any atom is -0.389 e. The molecule has 1 rings (SSSR count). The summed E-state index contributed by atoms with van der Waals surface area (Å²) in [5.74, 6) is 0. The van der Waals surface area contributed by atoms with Crippen molar-refractivity contribution in [2.24, 2.45) is 5.41 Å². The normalized spacial score (nSPS) is 20.3. The van der Waals surface area contributed by atoms with Gasteiger partial charge in [0.1, 0.15) is 0 Å². The van der Waals surface area contributed by atoms with Crippen LogP contribution in [-0.4, -0.2) is 12.3 Å². The molecule has 0 radical (unpaired) electrons. The molecule has 0 fully saturated rings. The monoisotopic (exact) mass is 208 g/mol. The molecule has 0 unspecified atom stereocenters. The van der Waals surface area contributed by atoms with Gasteiger partial charge in [0.2, 0.25) is 0 Å². The lowest BCUT2D eigenvalue weighted by molar-refractivity contribution is 0.304. The fraction of sp³-hybridized carbons (Fsp3) is 0.769. The highest BCUT2D eigenvalue weighted by Gasteiger charge is 2.26. The Morgan fingerprint density at radius 2 is 2.13 bits per heavy atom. The minimum atomic E-state index is 0.428. The van der Waals surface area contributed by atoms with Crippen LogP contribution in [0.5, 0.6) is 0 Å². The summed E-state index contributed by atoms with van der Waals surface area (Å²) in [6.45, 7) is 9.70. The SMILES string of the molecule is CCNC1=C(CC(C)=N)CCC(C)(C)C1. The minimum absolute atomic E-state index is 0.428. The molecule has 0 amide bonds. The number of allylic oxidation sites excluding steroid dienone is 2. The zero-order valence-corrected chi connectivity index (χ0v) is 10.5. The van der Waals surface area contributed by atoms with Crippen molar-refractivity contribution >= 4 is 5.71 Å².